The fourth-order valence-corrected chi connectivity index (χ4v) is 1.90. The molecule has 80 valence electrons. The van der Waals surface area contributed by atoms with Crippen LogP contribution in [0, 0.1) is 0 Å². The van der Waals surface area contributed by atoms with E-state index in [0.29, 0.717) is 0 Å². The Morgan fingerprint density at radius 2 is 2.36 bits per heavy atom. The molecule has 1 unspecified atom stereocenters. The van der Waals surface area contributed by atoms with E-state index in [-0.39, 0.29) is 6.04 Å². The van der Waals surface area contributed by atoms with Gasteiger partial charge in [-0.3, -0.25) is 0 Å². The molecule has 5 heteroatoms. The number of nitrogens with two attached hydrogens (primary N) is 1. The van der Waals surface area contributed by atoms with Gasteiger partial charge in [0.05, 0.1) is 5.75 Å². The van der Waals surface area contributed by atoms with Crippen LogP contribution in [0.4, 0.5) is 0 Å². The molecule has 1 atom stereocenters. The molecule has 0 radical (unpaired) electrons. The first-order chi connectivity index (χ1) is 6.72. The molecule has 4 nitrogen and oxygen atoms in total. The van der Waals surface area contributed by atoms with Gasteiger partial charge in [0.15, 0.2) is 5.82 Å². The molecule has 0 aliphatic carbocycles. The minimum Gasteiger partial charge on any atom is -0.338 e. The van der Waals surface area contributed by atoms with Gasteiger partial charge in [-0.1, -0.05) is 12.1 Å². The van der Waals surface area contributed by atoms with E-state index in [9.17, 15) is 0 Å². The lowest BCUT2D eigenvalue weighted by Crippen LogP contribution is -2.15. The Balaban J connectivity index is 2.18. The van der Waals surface area contributed by atoms with Crippen molar-refractivity contribution in [2.75, 3.05) is 5.75 Å². The van der Waals surface area contributed by atoms with E-state index in [1.165, 1.54) is 0 Å². The van der Waals surface area contributed by atoms with Gasteiger partial charge in [0, 0.05) is 12.5 Å². The summed E-state index contributed by atoms with van der Waals surface area (Å²) in [4.78, 5) is 4.22. The Bertz CT molecular complexity index is 262. The molecular formula is C9H17N3OS. The minimum atomic E-state index is 0.274. The fraction of sp³-hybridized carbons (Fsp3) is 0.778. The summed E-state index contributed by atoms with van der Waals surface area (Å²) in [7, 11) is 0. The van der Waals surface area contributed by atoms with E-state index in [0.717, 1.165) is 36.1 Å². The predicted molar refractivity (Wildman–Crippen MR) is 58.1 cm³/mol. The third kappa shape index (κ3) is 4.11. The van der Waals surface area contributed by atoms with Crippen LogP contribution in [-0.4, -0.2) is 21.9 Å². The molecule has 14 heavy (non-hydrogen) atoms. The van der Waals surface area contributed by atoms with Crippen molar-refractivity contribution in [3.05, 3.63) is 11.7 Å². The van der Waals surface area contributed by atoms with Gasteiger partial charge in [-0.05, 0) is 19.1 Å². The SMILES string of the molecule is CCc1noc(CSCCC(C)N)n1. The van der Waals surface area contributed by atoms with Crippen LogP contribution in [0.3, 0.4) is 0 Å². The minimum absolute atomic E-state index is 0.274. The third-order valence-corrected chi connectivity index (χ3v) is 2.74. The highest BCUT2D eigenvalue weighted by molar-refractivity contribution is 7.98. The summed E-state index contributed by atoms with van der Waals surface area (Å²) < 4.78 is 5.05. The van der Waals surface area contributed by atoms with E-state index in [1.54, 1.807) is 11.8 Å². The number of hydrogen-bond donors (Lipinski definition) is 1. The molecule has 0 saturated heterocycles. The van der Waals surface area contributed by atoms with Crippen molar-refractivity contribution < 1.29 is 4.52 Å². The van der Waals surface area contributed by atoms with Crippen LogP contribution in [0.1, 0.15) is 32.0 Å². The largest absolute Gasteiger partial charge is 0.338 e. The average molecular weight is 215 g/mol. The predicted octanol–water partition coefficient (Wildman–Crippen LogP) is 1.60. The highest BCUT2D eigenvalue weighted by atomic mass is 32.2. The highest BCUT2D eigenvalue weighted by Gasteiger charge is 2.04. The number of hydrogen-bond acceptors (Lipinski definition) is 5. The number of nitrogens with zero attached hydrogens (tertiary/aromatic N) is 2. The van der Waals surface area contributed by atoms with Crippen molar-refractivity contribution in [2.45, 2.75) is 38.5 Å². The monoisotopic (exact) mass is 215 g/mol. The molecule has 0 fully saturated rings. The first-order valence-electron chi connectivity index (χ1n) is 4.87. The first kappa shape index (κ1) is 11.5. The lowest BCUT2D eigenvalue weighted by molar-refractivity contribution is 0.385. The van der Waals surface area contributed by atoms with Crippen LogP contribution >= 0.6 is 11.8 Å². The van der Waals surface area contributed by atoms with E-state index in [1.807, 2.05) is 13.8 Å². The summed E-state index contributed by atoms with van der Waals surface area (Å²) in [6.07, 6.45) is 1.85. The Kier molecular flexibility index (Phi) is 4.97. The number of rotatable bonds is 6. The van der Waals surface area contributed by atoms with E-state index in [4.69, 9.17) is 10.3 Å². The summed E-state index contributed by atoms with van der Waals surface area (Å²) >= 11 is 1.78. The second kappa shape index (κ2) is 6.03. The Hall–Kier alpha value is -0.550. The van der Waals surface area contributed by atoms with Crippen LogP contribution in [0.15, 0.2) is 4.52 Å². The lowest BCUT2D eigenvalue weighted by Gasteiger charge is -2.01. The second-order valence-electron chi connectivity index (χ2n) is 3.28. The Morgan fingerprint density at radius 3 is 2.93 bits per heavy atom. The van der Waals surface area contributed by atoms with Gasteiger partial charge in [0.2, 0.25) is 5.89 Å². The Morgan fingerprint density at radius 1 is 1.57 bits per heavy atom. The standard InChI is InChI=1S/C9H17N3OS/c1-3-8-11-9(13-12-8)6-14-5-4-7(2)10/h7H,3-6,10H2,1-2H3. The summed E-state index contributed by atoms with van der Waals surface area (Å²) in [5, 5.41) is 3.82. The van der Waals surface area contributed by atoms with Gasteiger partial charge < -0.3 is 10.3 Å². The Labute approximate surface area is 88.6 Å². The van der Waals surface area contributed by atoms with Gasteiger partial charge in [-0.25, -0.2) is 0 Å². The van der Waals surface area contributed by atoms with E-state index < -0.39 is 0 Å². The van der Waals surface area contributed by atoms with Gasteiger partial charge >= 0.3 is 0 Å². The molecule has 0 saturated carbocycles. The molecule has 0 aliphatic heterocycles. The summed E-state index contributed by atoms with van der Waals surface area (Å²) in [5.41, 5.74) is 5.63. The van der Waals surface area contributed by atoms with Crippen LogP contribution in [0.2, 0.25) is 0 Å². The molecule has 1 rings (SSSR count). The molecule has 0 bridgehead atoms. The van der Waals surface area contributed by atoms with Crippen molar-refractivity contribution in [3.8, 4) is 0 Å². The zero-order chi connectivity index (χ0) is 10.4. The fourth-order valence-electron chi connectivity index (χ4n) is 0.921. The molecule has 1 aromatic rings. The topological polar surface area (TPSA) is 64.9 Å². The molecule has 2 N–H and O–H groups in total. The zero-order valence-corrected chi connectivity index (χ0v) is 9.51. The normalized spacial score (nSPS) is 13.1. The zero-order valence-electron chi connectivity index (χ0n) is 8.69. The first-order valence-corrected chi connectivity index (χ1v) is 6.02. The third-order valence-electron chi connectivity index (χ3n) is 1.77. The molecule has 1 aromatic heterocycles. The summed E-state index contributed by atoms with van der Waals surface area (Å²) in [5.74, 6) is 3.34. The maximum Gasteiger partial charge on any atom is 0.236 e. The van der Waals surface area contributed by atoms with Crippen LogP contribution in [0.25, 0.3) is 0 Å². The van der Waals surface area contributed by atoms with Gasteiger partial charge in [-0.2, -0.15) is 16.7 Å². The lowest BCUT2D eigenvalue weighted by atomic mass is 10.3. The van der Waals surface area contributed by atoms with E-state index >= 15 is 0 Å². The molecule has 0 aromatic carbocycles. The van der Waals surface area contributed by atoms with Crippen LogP contribution in [0.5, 0.6) is 0 Å². The van der Waals surface area contributed by atoms with Crippen LogP contribution in [-0.2, 0) is 12.2 Å². The molecule has 0 spiro atoms. The molecule has 0 amide bonds. The average Bonchev–Trinajstić information content (AvgIpc) is 2.60. The van der Waals surface area contributed by atoms with Crippen molar-refractivity contribution in [1.29, 1.82) is 0 Å². The van der Waals surface area contributed by atoms with E-state index in [2.05, 4.69) is 10.1 Å². The van der Waals surface area contributed by atoms with Crippen molar-refractivity contribution in [3.63, 3.8) is 0 Å². The smallest absolute Gasteiger partial charge is 0.236 e. The number of aromatic nitrogens is 2. The van der Waals surface area contributed by atoms with Gasteiger partial charge in [0.1, 0.15) is 0 Å². The van der Waals surface area contributed by atoms with Gasteiger partial charge in [0.25, 0.3) is 0 Å². The maximum atomic E-state index is 5.63. The van der Waals surface area contributed by atoms with Crippen molar-refractivity contribution in [1.82, 2.24) is 10.1 Å². The number of thioether (sulfide) groups is 1. The number of aryl methyl sites for hydroxylation is 1. The van der Waals surface area contributed by atoms with Crippen molar-refractivity contribution in [2.24, 2.45) is 5.73 Å². The quantitative estimate of drug-likeness (QED) is 0.730. The molecule has 0 aliphatic rings. The van der Waals surface area contributed by atoms with Gasteiger partial charge in [-0.15, -0.1) is 0 Å². The summed E-state index contributed by atoms with van der Waals surface area (Å²) in [6, 6.07) is 0.274. The van der Waals surface area contributed by atoms with Crippen LogP contribution < -0.4 is 5.73 Å². The maximum absolute atomic E-state index is 5.63. The molecule has 1 heterocycles. The van der Waals surface area contributed by atoms with Crippen molar-refractivity contribution >= 4 is 11.8 Å². The molecular weight excluding hydrogens is 198 g/mol. The second-order valence-corrected chi connectivity index (χ2v) is 4.38. The summed E-state index contributed by atoms with van der Waals surface area (Å²) in [6.45, 7) is 4.03. The highest BCUT2D eigenvalue weighted by Crippen LogP contribution is 2.11.